The standard InChI is InChI=1S/C10H7BrO.2ClH.Zr/c11-10-3-1-2-7-4-5-8(12)6-9(7)10;;;/h1-6,12H;2*1H;/q;;;+1/p-1. The van der Waals surface area contributed by atoms with Crippen LogP contribution in [0.5, 0.6) is 5.75 Å². The zero-order valence-electron chi connectivity index (χ0n) is 7.57. The molecule has 0 aromatic heterocycles. The Labute approximate surface area is 125 Å². The maximum atomic E-state index is 5.25. The van der Waals surface area contributed by atoms with Gasteiger partial charge in [-0.25, -0.2) is 0 Å². The van der Waals surface area contributed by atoms with Crippen LogP contribution in [0, 0.1) is 0 Å². The van der Waals surface area contributed by atoms with Crippen molar-refractivity contribution in [2.75, 3.05) is 0 Å². The van der Waals surface area contributed by atoms with Crippen LogP contribution in [0.3, 0.4) is 0 Å². The minimum absolute atomic E-state index is 0. The summed E-state index contributed by atoms with van der Waals surface area (Å²) in [5.74, 6) is 0.928. The Morgan fingerprint density at radius 2 is 1.80 bits per heavy atom. The number of hydrogen-bond donors (Lipinski definition) is 0. The van der Waals surface area contributed by atoms with Gasteiger partial charge in [0.15, 0.2) is 0 Å². The van der Waals surface area contributed by atoms with Crippen LogP contribution in [-0.4, -0.2) is 0 Å². The molecule has 0 aliphatic heterocycles. The van der Waals surface area contributed by atoms with Gasteiger partial charge < -0.3 is 0 Å². The maximum Gasteiger partial charge on any atom is -0.147 e. The van der Waals surface area contributed by atoms with Crippen LogP contribution in [0.2, 0.25) is 0 Å². The summed E-state index contributed by atoms with van der Waals surface area (Å²) in [6, 6.07) is 12.3. The molecule has 0 saturated heterocycles. The zero-order valence-corrected chi connectivity index (χ0v) is 13.2. The molecule has 79 valence electrons. The van der Waals surface area contributed by atoms with E-state index in [1.54, 1.807) is 0 Å². The van der Waals surface area contributed by atoms with Crippen LogP contribution in [0.4, 0.5) is 0 Å². The minimum atomic E-state index is 0. The van der Waals surface area contributed by atoms with E-state index in [9.17, 15) is 0 Å². The van der Waals surface area contributed by atoms with E-state index in [0.29, 0.717) is 0 Å². The first-order chi connectivity index (χ1) is 6.31. The van der Waals surface area contributed by atoms with Crippen molar-refractivity contribution in [3.8, 4) is 5.75 Å². The second-order valence-electron chi connectivity index (χ2n) is 2.72. The van der Waals surface area contributed by atoms with Crippen molar-refractivity contribution < 1.29 is 28.0 Å². The van der Waals surface area contributed by atoms with Crippen molar-refractivity contribution >= 4 is 51.5 Å². The molecule has 2 aromatic rings. The van der Waals surface area contributed by atoms with Gasteiger partial charge in [0.05, 0.1) is 0 Å². The van der Waals surface area contributed by atoms with Crippen molar-refractivity contribution in [3.63, 3.8) is 0 Å². The summed E-state index contributed by atoms with van der Waals surface area (Å²) in [6.45, 7) is 0. The Morgan fingerprint density at radius 3 is 2.47 bits per heavy atom. The average molecular weight is 386 g/mol. The Kier molecular flexibility index (Phi) is 7.11. The fourth-order valence-corrected chi connectivity index (χ4v) is 2.09. The number of halogens is 3. The van der Waals surface area contributed by atoms with Crippen molar-refractivity contribution in [2.24, 2.45) is 0 Å². The summed E-state index contributed by atoms with van der Waals surface area (Å²) in [7, 11) is 0. The number of rotatable bonds is 1. The van der Waals surface area contributed by atoms with Gasteiger partial charge in [-0.15, -0.1) is 24.8 Å². The van der Waals surface area contributed by atoms with Crippen LogP contribution < -0.4 is 2.81 Å². The van der Waals surface area contributed by atoms with Crippen LogP contribution >= 0.6 is 40.7 Å². The third-order valence-electron chi connectivity index (χ3n) is 1.92. The molecule has 0 atom stereocenters. The SMILES string of the molecule is Brc1cccc2ccc([O][Zr])cc12.Cl.Cl. The summed E-state index contributed by atoms with van der Waals surface area (Å²) in [5, 5.41) is 2.42. The van der Waals surface area contributed by atoms with Crippen molar-refractivity contribution in [1.82, 2.24) is 0 Å². The van der Waals surface area contributed by atoms with Gasteiger partial charge in [0.1, 0.15) is 0 Å². The normalized spacial score (nSPS) is 8.80. The van der Waals surface area contributed by atoms with Gasteiger partial charge in [0, 0.05) is 0 Å². The summed E-state index contributed by atoms with van der Waals surface area (Å²) >= 11 is 4.58. The van der Waals surface area contributed by atoms with E-state index in [1.807, 2.05) is 24.3 Å². The number of fused-ring (bicyclic) bond motifs is 1. The van der Waals surface area contributed by atoms with Gasteiger partial charge in [-0.3, -0.25) is 0 Å². The Balaban J connectivity index is 0.000000980. The van der Waals surface area contributed by atoms with E-state index in [1.165, 1.54) is 10.8 Å². The molecule has 0 N–H and O–H groups in total. The number of benzene rings is 2. The minimum Gasteiger partial charge on any atom is -0.147 e. The molecule has 0 heterocycles. The van der Waals surface area contributed by atoms with Crippen LogP contribution in [0.1, 0.15) is 0 Å². The molecule has 0 radical (unpaired) electrons. The van der Waals surface area contributed by atoms with E-state index in [-0.39, 0.29) is 24.8 Å². The zero-order chi connectivity index (χ0) is 9.26. The molecule has 0 fully saturated rings. The molecular weight excluding hydrogens is 378 g/mol. The predicted octanol–water partition coefficient (Wildman–Crippen LogP) is 4.29. The summed E-state index contributed by atoms with van der Waals surface area (Å²) in [6.07, 6.45) is 0. The first kappa shape index (κ1) is 15.4. The molecule has 0 spiro atoms. The maximum absolute atomic E-state index is 5.25. The molecule has 0 saturated carbocycles. The van der Waals surface area contributed by atoms with Gasteiger partial charge in [-0.1, -0.05) is 0 Å². The van der Waals surface area contributed by atoms with Gasteiger partial charge in [-0.05, 0) is 0 Å². The summed E-state index contributed by atoms with van der Waals surface area (Å²) < 4.78 is 6.36. The van der Waals surface area contributed by atoms with Gasteiger partial charge in [0.2, 0.25) is 0 Å². The summed E-state index contributed by atoms with van der Waals surface area (Å²) in [4.78, 5) is 0. The molecule has 15 heavy (non-hydrogen) atoms. The first-order valence-corrected chi connectivity index (χ1v) is 5.63. The molecule has 0 bridgehead atoms. The topological polar surface area (TPSA) is 9.23 Å². The second kappa shape index (κ2) is 6.90. The van der Waals surface area contributed by atoms with Gasteiger partial charge in [-0.2, -0.15) is 0 Å². The van der Waals surface area contributed by atoms with E-state index in [4.69, 9.17) is 2.81 Å². The second-order valence-corrected chi connectivity index (χ2v) is 4.08. The smallest absolute Gasteiger partial charge is 0.147 e. The third-order valence-corrected chi connectivity index (χ3v) is 3.19. The van der Waals surface area contributed by atoms with Crippen molar-refractivity contribution in [3.05, 3.63) is 40.9 Å². The Hall–Kier alpha value is 0.443. The molecule has 2 aromatic carbocycles. The molecule has 0 aliphatic rings. The Bertz CT molecular complexity index is 450. The fraction of sp³-hybridized carbons (Fsp3) is 0. The molecular formula is C10H8BrCl2OZr. The van der Waals surface area contributed by atoms with Gasteiger partial charge in [0.25, 0.3) is 0 Å². The molecule has 1 nitrogen and oxygen atoms in total. The molecule has 0 unspecified atom stereocenters. The average Bonchev–Trinajstić information content (AvgIpc) is 2.18. The van der Waals surface area contributed by atoms with Crippen LogP contribution in [0.25, 0.3) is 10.8 Å². The molecule has 0 amide bonds. The van der Waals surface area contributed by atoms with Crippen molar-refractivity contribution in [1.29, 1.82) is 0 Å². The van der Waals surface area contributed by atoms with Crippen LogP contribution in [-0.2, 0) is 25.2 Å². The molecule has 5 heteroatoms. The number of hydrogen-bond acceptors (Lipinski definition) is 1. The quantitative estimate of drug-likeness (QED) is 0.711. The summed E-state index contributed by atoms with van der Waals surface area (Å²) in [5.41, 5.74) is 0. The molecule has 2 rings (SSSR count). The fourth-order valence-electron chi connectivity index (χ4n) is 1.28. The van der Waals surface area contributed by atoms with E-state index in [2.05, 4.69) is 28.1 Å². The Morgan fingerprint density at radius 1 is 1.07 bits per heavy atom. The van der Waals surface area contributed by atoms with Crippen LogP contribution in [0.15, 0.2) is 40.9 Å². The van der Waals surface area contributed by atoms with E-state index in [0.717, 1.165) is 35.4 Å². The third kappa shape index (κ3) is 3.45. The monoisotopic (exact) mass is 383 g/mol. The van der Waals surface area contributed by atoms with E-state index >= 15 is 0 Å². The van der Waals surface area contributed by atoms with Crippen molar-refractivity contribution in [2.45, 2.75) is 0 Å². The molecule has 0 aliphatic carbocycles. The largest absolute Gasteiger partial charge is 0.147 e. The first-order valence-electron chi connectivity index (χ1n) is 3.83. The van der Waals surface area contributed by atoms with Gasteiger partial charge >= 0.3 is 101 Å². The predicted molar refractivity (Wildman–Crippen MR) is 66.8 cm³/mol. The van der Waals surface area contributed by atoms with E-state index < -0.39 is 0 Å².